The van der Waals surface area contributed by atoms with Crippen LogP contribution < -0.4 is 15.5 Å². The molecule has 1 fully saturated rings. The van der Waals surface area contributed by atoms with E-state index in [0.717, 1.165) is 44.0 Å². The van der Waals surface area contributed by atoms with Gasteiger partial charge in [-0.2, -0.15) is 0 Å². The van der Waals surface area contributed by atoms with Crippen molar-refractivity contribution in [3.63, 3.8) is 0 Å². The molecule has 7 nitrogen and oxygen atoms in total. The minimum atomic E-state index is 0.0285. The van der Waals surface area contributed by atoms with Gasteiger partial charge in [-0.1, -0.05) is 24.6 Å². The first-order valence-corrected chi connectivity index (χ1v) is 11.4. The number of fused-ring (bicyclic) bond motifs is 1. The fraction of sp³-hybridized carbons (Fsp3) is 0.500. The number of hydrogen-bond acceptors (Lipinski definition) is 4. The number of carbonyl (C=O) groups excluding carboxylic acids is 1. The average molecular weight is 424 g/mol. The van der Waals surface area contributed by atoms with E-state index in [0.29, 0.717) is 12.5 Å². The Morgan fingerprint density at radius 2 is 1.94 bits per heavy atom. The molecule has 1 amide bonds. The summed E-state index contributed by atoms with van der Waals surface area (Å²) in [4.78, 5) is 21.7. The van der Waals surface area contributed by atoms with E-state index in [1.54, 1.807) is 6.26 Å². The van der Waals surface area contributed by atoms with Gasteiger partial charge >= 0.3 is 0 Å². The van der Waals surface area contributed by atoms with E-state index >= 15 is 0 Å². The number of hydrogen-bond donors (Lipinski definition) is 2. The Kier molecular flexibility index (Phi) is 7.25. The smallest absolute Gasteiger partial charge is 0.248 e. The summed E-state index contributed by atoms with van der Waals surface area (Å²) in [7, 11) is 0. The molecule has 7 heteroatoms. The van der Waals surface area contributed by atoms with E-state index in [1.165, 1.54) is 24.8 Å². The zero-order valence-corrected chi connectivity index (χ0v) is 18.3. The third-order valence-electron chi connectivity index (χ3n) is 6.07. The Labute approximate surface area is 184 Å². The first-order valence-electron chi connectivity index (χ1n) is 11.4. The molecular formula is C24H33N5O2. The zero-order chi connectivity index (χ0) is 21.5. The van der Waals surface area contributed by atoms with Crippen molar-refractivity contribution in [1.29, 1.82) is 0 Å². The van der Waals surface area contributed by atoms with Gasteiger partial charge < -0.3 is 20.0 Å². The summed E-state index contributed by atoms with van der Waals surface area (Å²) >= 11 is 0. The van der Waals surface area contributed by atoms with Gasteiger partial charge in [0.2, 0.25) is 5.91 Å². The lowest BCUT2D eigenvalue weighted by Gasteiger charge is -2.33. The van der Waals surface area contributed by atoms with Crippen LogP contribution in [0.2, 0.25) is 0 Å². The van der Waals surface area contributed by atoms with Gasteiger partial charge in [0.1, 0.15) is 12.3 Å². The lowest BCUT2D eigenvalue weighted by Crippen LogP contribution is -2.45. The van der Waals surface area contributed by atoms with Gasteiger partial charge in [0.05, 0.1) is 12.3 Å². The summed E-state index contributed by atoms with van der Waals surface area (Å²) in [6, 6.07) is 12.2. The van der Waals surface area contributed by atoms with Crippen LogP contribution in [-0.2, 0) is 11.2 Å². The van der Waals surface area contributed by atoms with E-state index in [2.05, 4.69) is 26.6 Å². The molecule has 1 saturated heterocycles. The Morgan fingerprint density at radius 3 is 2.71 bits per heavy atom. The van der Waals surface area contributed by atoms with E-state index in [1.807, 2.05) is 42.2 Å². The average Bonchev–Trinajstić information content (AvgIpc) is 3.48. The van der Waals surface area contributed by atoms with Gasteiger partial charge in [0.25, 0.3) is 0 Å². The number of amides is 1. The second-order valence-electron chi connectivity index (χ2n) is 8.13. The molecular weight excluding hydrogens is 390 g/mol. The van der Waals surface area contributed by atoms with Gasteiger partial charge in [0, 0.05) is 25.3 Å². The highest BCUT2D eigenvalue weighted by molar-refractivity contribution is 5.98. The number of piperidine rings is 1. The van der Waals surface area contributed by atoms with Crippen molar-refractivity contribution in [2.45, 2.75) is 38.6 Å². The van der Waals surface area contributed by atoms with Crippen molar-refractivity contribution in [2.24, 2.45) is 4.99 Å². The van der Waals surface area contributed by atoms with Crippen molar-refractivity contribution in [3.8, 4) is 0 Å². The van der Waals surface area contributed by atoms with Crippen LogP contribution in [0.1, 0.15) is 43.6 Å². The van der Waals surface area contributed by atoms with Crippen molar-refractivity contribution < 1.29 is 9.21 Å². The lowest BCUT2D eigenvalue weighted by atomic mass is 10.1. The number of furan rings is 1. The lowest BCUT2D eigenvalue weighted by molar-refractivity contribution is -0.117. The zero-order valence-electron chi connectivity index (χ0n) is 18.3. The fourth-order valence-corrected chi connectivity index (χ4v) is 4.48. The summed E-state index contributed by atoms with van der Waals surface area (Å²) in [5.41, 5.74) is 2.25. The summed E-state index contributed by atoms with van der Waals surface area (Å²) in [5.74, 6) is 1.66. The topological polar surface area (TPSA) is 73.1 Å². The molecule has 3 heterocycles. The number of carbonyl (C=O) groups is 1. The van der Waals surface area contributed by atoms with Crippen LogP contribution in [0.4, 0.5) is 5.69 Å². The molecule has 1 unspecified atom stereocenters. The number of guanidine groups is 1. The number of aliphatic imine (C=N–C) groups is 1. The minimum absolute atomic E-state index is 0.0285. The molecule has 166 valence electrons. The van der Waals surface area contributed by atoms with Crippen LogP contribution in [0.25, 0.3) is 0 Å². The third kappa shape index (κ3) is 5.28. The van der Waals surface area contributed by atoms with Gasteiger partial charge in [-0.05, 0) is 63.0 Å². The van der Waals surface area contributed by atoms with Crippen LogP contribution >= 0.6 is 0 Å². The van der Waals surface area contributed by atoms with Crippen molar-refractivity contribution in [1.82, 2.24) is 15.5 Å². The Balaban J connectivity index is 1.39. The largest absolute Gasteiger partial charge is 0.468 e. The van der Waals surface area contributed by atoms with Crippen LogP contribution in [0.3, 0.4) is 0 Å². The first kappa shape index (κ1) is 21.4. The number of benzene rings is 1. The van der Waals surface area contributed by atoms with E-state index in [9.17, 15) is 4.79 Å². The molecule has 0 aliphatic carbocycles. The van der Waals surface area contributed by atoms with Crippen molar-refractivity contribution >= 4 is 17.6 Å². The summed E-state index contributed by atoms with van der Waals surface area (Å²) in [6.07, 6.45) is 6.37. The number of nitrogens with one attached hydrogen (secondary N) is 2. The van der Waals surface area contributed by atoms with Crippen LogP contribution in [-0.4, -0.2) is 56.0 Å². The maximum Gasteiger partial charge on any atom is 0.248 e. The van der Waals surface area contributed by atoms with Gasteiger partial charge in [-0.15, -0.1) is 0 Å². The highest BCUT2D eigenvalue weighted by Crippen LogP contribution is 2.27. The molecule has 0 bridgehead atoms. The summed E-state index contributed by atoms with van der Waals surface area (Å²) in [5, 5.41) is 6.71. The van der Waals surface area contributed by atoms with Gasteiger partial charge in [0.15, 0.2) is 5.96 Å². The molecule has 1 aromatic carbocycles. The second-order valence-corrected chi connectivity index (χ2v) is 8.13. The molecule has 2 N–H and O–H groups in total. The van der Waals surface area contributed by atoms with E-state index in [-0.39, 0.29) is 18.5 Å². The Hall–Kier alpha value is -2.80. The monoisotopic (exact) mass is 423 g/mol. The molecule has 2 aromatic rings. The summed E-state index contributed by atoms with van der Waals surface area (Å²) < 4.78 is 5.74. The molecule has 31 heavy (non-hydrogen) atoms. The molecule has 4 rings (SSSR count). The number of para-hydroxylation sites is 1. The maximum absolute atomic E-state index is 12.8. The normalized spacial score (nSPS) is 18.0. The Morgan fingerprint density at radius 1 is 1.10 bits per heavy atom. The highest BCUT2D eigenvalue weighted by atomic mass is 16.3. The third-order valence-corrected chi connectivity index (χ3v) is 6.07. The molecule has 1 atom stereocenters. The van der Waals surface area contributed by atoms with Crippen LogP contribution in [0, 0.1) is 0 Å². The molecule has 0 spiro atoms. The molecule has 0 saturated carbocycles. The fourth-order valence-electron chi connectivity index (χ4n) is 4.48. The number of nitrogens with zero attached hydrogens (tertiary/aromatic N) is 3. The summed E-state index contributed by atoms with van der Waals surface area (Å²) in [6.45, 7) is 6.46. The second kappa shape index (κ2) is 10.5. The standard InChI is InChI=1S/C24H33N5O2/c1-2-25-24(27-18-23(30)29-15-12-19-9-4-5-10-20(19)29)26-17-21(22-11-8-16-31-22)28-13-6-3-7-14-28/h4-5,8-11,16,21H,2-3,6-7,12-15,17-18H2,1H3,(H2,25,26,27). The maximum atomic E-state index is 12.8. The molecule has 1 aromatic heterocycles. The van der Waals surface area contributed by atoms with Gasteiger partial charge in [-0.3, -0.25) is 9.69 Å². The van der Waals surface area contributed by atoms with Crippen molar-refractivity contribution in [3.05, 3.63) is 54.0 Å². The molecule has 0 radical (unpaired) electrons. The first-order chi connectivity index (χ1) is 15.3. The van der Waals surface area contributed by atoms with Crippen molar-refractivity contribution in [2.75, 3.05) is 44.2 Å². The quantitative estimate of drug-likeness (QED) is 0.529. The predicted molar refractivity (Wildman–Crippen MR) is 123 cm³/mol. The number of rotatable bonds is 7. The SMILES string of the molecule is CCNC(=NCC(=O)N1CCc2ccccc21)NCC(c1ccco1)N1CCCCC1. The number of anilines is 1. The molecule has 2 aliphatic rings. The minimum Gasteiger partial charge on any atom is -0.468 e. The van der Waals surface area contributed by atoms with E-state index < -0.39 is 0 Å². The Bertz CT molecular complexity index is 874. The number of likely N-dealkylation sites (tertiary alicyclic amines) is 1. The van der Waals surface area contributed by atoms with Gasteiger partial charge in [-0.25, -0.2) is 4.99 Å². The van der Waals surface area contributed by atoms with E-state index in [4.69, 9.17) is 4.42 Å². The molecule has 2 aliphatic heterocycles. The predicted octanol–water partition coefficient (Wildman–Crippen LogP) is 2.95. The van der Waals surface area contributed by atoms with Crippen LogP contribution in [0.15, 0.2) is 52.1 Å². The van der Waals surface area contributed by atoms with Crippen LogP contribution in [0.5, 0.6) is 0 Å². The highest BCUT2D eigenvalue weighted by Gasteiger charge is 2.26.